The van der Waals surface area contributed by atoms with Crippen LogP contribution in [0.1, 0.15) is 44.9 Å². The third-order valence-corrected chi connectivity index (χ3v) is 5.03. The molecule has 1 aliphatic rings. The fraction of sp³-hybridized carbons (Fsp3) is 0.478. The van der Waals surface area contributed by atoms with Gasteiger partial charge in [0.1, 0.15) is 5.75 Å². The van der Waals surface area contributed by atoms with Gasteiger partial charge in [-0.05, 0) is 68.6 Å². The Hall–Kier alpha value is -1.80. The lowest BCUT2D eigenvalue weighted by Gasteiger charge is -2.26. The van der Waals surface area contributed by atoms with E-state index in [1.807, 2.05) is 0 Å². The number of hydrogen-bond donors (Lipinski definition) is 0. The van der Waals surface area contributed by atoms with E-state index in [-0.39, 0.29) is 0 Å². The quantitative estimate of drug-likeness (QED) is 0.538. The number of piperidine rings is 1. The number of benzene rings is 2. The molecular weight excluding hydrogens is 306 g/mol. The van der Waals surface area contributed by atoms with Gasteiger partial charge in [0.05, 0.1) is 6.61 Å². The Labute approximate surface area is 152 Å². The van der Waals surface area contributed by atoms with Gasteiger partial charge in [-0.1, -0.05) is 61.7 Å². The van der Waals surface area contributed by atoms with Crippen molar-refractivity contribution < 1.29 is 4.74 Å². The maximum absolute atomic E-state index is 5.95. The van der Waals surface area contributed by atoms with E-state index < -0.39 is 0 Å². The van der Waals surface area contributed by atoms with E-state index in [0.717, 1.165) is 18.8 Å². The lowest BCUT2D eigenvalue weighted by Crippen LogP contribution is -2.30. The monoisotopic (exact) mass is 337 g/mol. The summed E-state index contributed by atoms with van der Waals surface area (Å²) in [4.78, 5) is 2.63. The number of rotatable bonds is 9. The first kappa shape index (κ1) is 18.0. The van der Waals surface area contributed by atoms with E-state index in [9.17, 15) is 0 Å². The molecule has 25 heavy (non-hydrogen) atoms. The zero-order chi connectivity index (χ0) is 17.2. The molecule has 0 bridgehead atoms. The Morgan fingerprint density at radius 3 is 2.32 bits per heavy atom. The molecule has 0 aromatic heterocycles. The van der Waals surface area contributed by atoms with Crippen molar-refractivity contribution in [1.29, 1.82) is 0 Å². The lowest BCUT2D eigenvalue weighted by molar-refractivity contribution is 0.223. The third kappa shape index (κ3) is 6.21. The van der Waals surface area contributed by atoms with Crippen molar-refractivity contribution in [1.82, 2.24) is 4.90 Å². The molecule has 2 heteroatoms. The topological polar surface area (TPSA) is 12.5 Å². The molecule has 0 saturated carbocycles. The summed E-state index contributed by atoms with van der Waals surface area (Å²) >= 11 is 0. The highest BCUT2D eigenvalue weighted by Crippen LogP contribution is 2.23. The van der Waals surface area contributed by atoms with Crippen molar-refractivity contribution in [3.05, 3.63) is 54.6 Å². The molecule has 0 radical (unpaired) electrons. The molecule has 1 aliphatic heterocycles. The minimum absolute atomic E-state index is 0.821. The highest BCUT2D eigenvalue weighted by Gasteiger charge is 2.08. The van der Waals surface area contributed by atoms with E-state index >= 15 is 0 Å². The molecule has 0 unspecified atom stereocenters. The number of unbranched alkanes of at least 4 members (excludes halogenated alkanes) is 3. The maximum atomic E-state index is 5.95. The normalized spacial score (nSPS) is 15.2. The number of nitrogens with zero attached hydrogens (tertiary/aromatic N) is 1. The molecule has 0 amide bonds. The molecule has 2 aromatic rings. The van der Waals surface area contributed by atoms with Crippen LogP contribution in [0, 0.1) is 0 Å². The number of ether oxygens (including phenoxy) is 1. The van der Waals surface area contributed by atoms with Crippen LogP contribution in [-0.2, 0) is 0 Å². The SMILES string of the molecule is c1ccc(-c2cccc(OCCCCCCN3CCCCC3)c2)cc1. The van der Waals surface area contributed by atoms with Gasteiger partial charge in [-0.3, -0.25) is 0 Å². The molecule has 2 nitrogen and oxygen atoms in total. The highest BCUT2D eigenvalue weighted by atomic mass is 16.5. The van der Waals surface area contributed by atoms with Crippen LogP contribution in [0.15, 0.2) is 54.6 Å². The molecule has 2 aromatic carbocycles. The van der Waals surface area contributed by atoms with Crippen molar-refractivity contribution in [3.63, 3.8) is 0 Å². The predicted octanol–water partition coefficient (Wildman–Crippen LogP) is 5.78. The van der Waals surface area contributed by atoms with Crippen LogP contribution in [-0.4, -0.2) is 31.1 Å². The Morgan fingerprint density at radius 2 is 1.48 bits per heavy atom. The number of likely N-dealkylation sites (tertiary alicyclic amines) is 1. The first-order valence-electron chi connectivity index (χ1n) is 9.92. The summed E-state index contributed by atoms with van der Waals surface area (Å²) in [6.45, 7) is 4.75. The van der Waals surface area contributed by atoms with Gasteiger partial charge in [0.15, 0.2) is 0 Å². The fourth-order valence-corrected chi connectivity index (χ4v) is 3.56. The molecule has 0 N–H and O–H groups in total. The van der Waals surface area contributed by atoms with Crippen LogP contribution < -0.4 is 4.74 Å². The summed E-state index contributed by atoms with van der Waals surface area (Å²) in [5, 5.41) is 0. The second kappa shape index (κ2) is 10.2. The standard InChI is InChI=1S/C23H31NO/c1(7-16-24-17-8-4-9-18-24)2-10-19-25-23-15-11-14-22(20-23)21-12-5-3-6-13-21/h3,5-6,11-15,20H,1-2,4,7-10,16-19H2. The zero-order valence-electron chi connectivity index (χ0n) is 15.3. The van der Waals surface area contributed by atoms with Crippen molar-refractivity contribution in [2.45, 2.75) is 44.9 Å². The van der Waals surface area contributed by atoms with Crippen LogP contribution in [0.3, 0.4) is 0 Å². The largest absolute Gasteiger partial charge is 0.494 e. The molecule has 1 fully saturated rings. The highest BCUT2D eigenvalue weighted by molar-refractivity contribution is 5.64. The van der Waals surface area contributed by atoms with Crippen LogP contribution >= 0.6 is 0 Å². The summed E-state index contributed by atoms with van der Waals surface area (Å²) in [7, 11) is 0. The summed E-state index contributed by atoms with van der Waals surface area (Å²) in [5.74, 6) is 0.981. The molecular formula is C23H31NO. The maximum Gasteiger partial charge on any atom is 0.119 e. The van der Waals surface area contributed by atoms with Gasteiger partial charge in [0.25, 0.3) is 0 Å². The van der Waals surface area contributed by atoms with Gasteiger partial charge in [0, 0.05) is 0 Å². The molecule has 134 valence electrons. The first-order chi connectivity index (χ1) is 12.4. The minimum Gasteiger partial charge on any atom is -0.494 e. The van der Waals surface area contributed by atoms with Crippen molar-refractivity contribution >= 4 is 0 Å². The van der Waals surface area contributed by atoms with Crippen molar-refractivity contribution in [2.75, 3.05) is 26.2 Å². The van der Waals surface area contributed by atoms with Crippen molar-refractivity contribution in [2.24, 2.45) is 0 Å². The third-order valence-electron chi connectivity index (χ3n) is 5.03. The van der Waals surface area contributed by atoms with Crippen LogP contribution in [0.25, 0.3) is 11.1 Å². The first-order valence-corrected chi connectivity index (χ1v) is 9.92. The van der Waals surface area contributed by atoms with Gasteiger partial charge < -0.3 is 9.64 Å². The summed E-state index contributed by atoms with van der Waals surface area (Å²) in [6, 6.07) is 18.9. The van der Waals surface area contributed by atoms with Gasteiger partial charge in [-0.25, -0.2) is 0 Å². The summed E-state index contributed by atoms with van der Waals surface area (Å²) in [6.07, 6.45) is 9.31. The lowest BCUT2D eigenvalue weighted by atomic mass is 10.1. The van der Waals surface area contributed by atoms with Crippen molar-refractivity contribution in [3.8, 4) is 16.9 Å². The molecule has 3 rings (SSSR count). The molecule has 0 spiro atoms. The van der Waals surface area contributed by atoms with E-state index in [2.05, 4.69) is 59.5 Å². The Kier molecular flexibility index (Phi) is 7.38. The molecule has 1 heterocycles. The Morgan fingerprint density at radius 1 is 0.720 bits per heavy atom. The zero-order valence-corrected chi connectivity index (χ0v) is 15.3. The predicted molar refractivity (Wildman–Crippen MR) is 106 cm³/mol. The second-order valence-corrected chi connectivity index (χ2v) is 7.06. The molecule has 1 saturated heterocycles. The van der Waals surface area contributed by atoms with E-state index in [0.29, 0.717) is 0 Å². The van der Waals surface area contributed by atoms with E-state index in [4.69, 9.17) is 4.74 Å². The van der Waals surface area contributed by atoms with Gasteiger partial charge in [-0.2, -0.15) is 0 Å². The average Bonchev–Trinajstić information content (AvgIpc) is 2.69. The van der Waals surface area contributed by atoms with E-state index in [1.54, 1.807) is 0 Å². The van der Waals surface area contributed by atoms with Crippen LogP contribution in [0.2, 0.25) is 0 Å². The van der Waals surface area contributed by atoms with Crippen LogP contribution in [0.5, 0.6) is 5.75 Å². The molecule has 0 atom stereocenters. The Bertz CT molecular complexity index is 604. The van der Waals surface area contributed by atoms with Gasteiger partial charge in [-0.15, -0.1) is 0 Å². The molecule has 0 aliphatic carbocycles. The number of hydrogen-bond acceptors (Lipinski definition) is 2. The summed E-state index contributed by atoms with van der Waals surface area (Å²) < 4.78 is 5.95. The fourth-order valence-electron chi connectivity index (χ4n) is 3.56. The summed E-state index contributed by atoms with van der Waals surface area (Å²) in [5.41, 5.74) is 2.46. The Balaban J connectivity index is 1.31. The van der Waals surface area contributed by atoms with E-state index in [1.165, 1.54) is 69.3 Å². The van der Waals surface area contributed by atoms with Crippen LogP contribution in [0.4, 0.5) is 0 Å². The smallest absolute Gasteiger partial charge is 0.119 e. The van der Waals surface area contributed by atoms with Gasteiger partial charge >= 0.3 is 0 Å². The van der Waals surface area contributed by atoms with Gasteiger partial charge in [0.2, 0.25) is 0 Å². The second-order valence-electron chi connectivity index (χ2n) is 7.06. The minimum atomic E-state index is 0.821. The average molecular weight is 338 g/mol.